The van der Waals surface area contributed by atoms with Gasteiger partial charge >= 0.3 is 0 Å². The lowest BCUT2D eigenvalue weighted by molar-refractivity contribution is 0.0975. The zero-order valence-electron chi connectivity index (χ0n) is 7.77. The van der Waals surface area contributed by atoms with Crippen LogP contribution in [-0.2, 0) is 0 Å². The number of carbonyl (C=O) groups is 3. The summed E-state index contributed by atoms with van der Waals surface area (Å²) in [5.74, 6) is -0.756. The van der Waals surface area contributed by atoms with E-state index in [1.807, 2.05) is 0 Å². The van der Waals surface area contributed by atoms with E-state index in [0.717, 1.165) is 0 Å². The Morgan fingerprint density at radius 2 is 1.93 bits per heavy atom. The topological polar surface area (TPSA) is 77.0 Å². The number of ketones is 2. The second kappa shape index (κ2) is 3.87. The summed E-state index contributed by atoms with van der Waals surface area (Å²) in [4.78, 5) is 39.7. The highest BCUT2D eigenvalue weighted by Gasteiger charge is 2.14. The quantitative estimate of drug-likeness (QED) is 0.520. The van der Waals surface area contributed by atoms with Gasteiger partial charge in [0, 0.05) is 13.1 Å². The summed E-state index contributed by atoms with van der Waals surface area (Å²) < 4.78 is 0. The third-order valence-electron chi connectivity index (χ3n) is 1.63. The fourth-order valence-electron chi connectivity index (χ4n) is 0.978. The molecule has 0 bridgehead atoms. The first-order valence-corrected chi connectivity index (χ1v) is 3.90. The lowest BCUT2D eigenvalue weighted by Crippen LogP contribution is -2.10. The van der Waals surface area contributed by atoms with Gasteiger partial charge in [0.2, 0.25) is 0 Å². The van der Waals surface area contributed by atoms with Gasteiger partial charge in [-0.3, -0.25) is 14.4 Å². The summed E-state index contributed by atoms with van der Waals surface area (Å²) in [6.07, 6.45) is 1.62. The summed E-state index contributed by atoms with van der Waals surface area (Å²) in [6.45, 7) is 2.59. The number of hydrogen-bond donors (Lipinski definition) is 0. The van der Waals surface area contributed by atoms with Gasteiger partial charge in [-0.15, -0.1) is 0 Å². The molecule has 0 unspecified atom stereocenters. The first-order valence-electron chi connectivity index (χ1n) is 3.90. The van der Waals surface area contributed by atoms with Crippen LogP contribution in [0.2, 0.25) is 0 Å². The van der Waals surface area contributed by atoms with E-state index in [2.05, 4.69) is 9.97 Å². The number of hydrogen-bond acceptors (Lipinski definition) is 5. The maximum Gasteiger partial charge on any atom is 0.193 e. The van der Waals surface area contributed by atoms with Crippen molar-refractivity contribution in [2.45, 2.75) is 13.8 Å². The van der Waals surface area contributed by atoms with E-state index in [1.54, 1.807) is 0 Å². The predicted octanol–water partition coefficient (Wildman–Crippen LogP) is 0.694. The Kier molecular flexibility index (Phi) is 2.81. The van der Waals surface area contributed by atoms with Gasteiger partial charge in [-0.1, -0.05) is 0 Å². The number of Topliss-reactive ketones (excluding diaryl/α,β-unsaturated/α-hetero) is 2. The van der Waals surface area contributed by atoms with Gasteiger partial charge < -0.3 is 0 Å². The number of aromatic nitrogens is 2. The molecule has 0 saturated carbocycles. The van der Waals surface area contributed by atoms with Crippen molar-refractivity contribution in [3.05, 3.63) is 23.3 Å². The molecule has 1 rings (SSSR count). The van der Waals surface area contributed by atoms with Gasteiger partial charge in [-0.25, -0.2) is 9.97 Å². The molecule has 0 N–H and O–H groups in total. The van der Waals surface area contributed by atoms with Gasteiger partial charge in [0.25, 0.3) is 0 Å². The molecular formula is C9H8N2O3. The second-order valence-electron chi connectivity index (χ2n) is 2.72. The Morgan fingerprint density at radius 3 is 2.36 bits per heavy atom. The van der Waals surface area contributed by atoms with Crippen LogP contribution in [0.25, 0.3) is 0 Å². The van der Waals surface area contributed by atoms with Crippen molar-refractivity contribution in [2.75, 3.05) is 0 Å². The molecule has 72 valence electrons. The van der Waals surface area contributed by atoms with E-state index in [1.165, 1.54) is 20.0 Å². The summed E-state index contributed by atoms with van der Waals surface area (Å²) in [5, 5.41) is 0. The molecule has 0 spiro atoms. The van der Waals surface area contributed by atoms with Crippen molar-refractivity contribution in [1.82, 2.24) is 9.97 Å². The molecule has 1 heterocycles. The number of rotatable bonds is 3. The Hall–Kier alpha value is -1.91. The van der Waals surface area contributed by atoms with Crippen molar-refractivity contribution in [2.24, 2.45) is 0 Å². The van der Waals surface area contributed by atoms with E-state index in [-0.39, 0.29) is 28.6 Å². The number of nitrogens with zero attached hydrogens (tertiary/aromatic N) is 2. The first kappa shape index (κ1) is 10.2. The van der Waals surface area contributed by atoms with E-state index in [0.29, 0.717) is 6.29 Å². The fraction of sp³-hybridized carbons (Fsp3) is 0.222. The maximum absolute atomic E-state index is 11.1. The van der Waals surface area contributed by atoms with Crippen LogP contribution in [-0.4, -0.2) is 27.8 Å². The predicted molar refractivity (Wildman–Crippen MR) is 47.4 cm³/mol. The van der Waals surface area contributed by atoms with Crippen LogP contribution in [0.4, 0.5) is 0 Å². The van der Waals surface area contributed by atoms with Crippen LogP contribution >= 0.6 is 0 Å². The van der Waals surface area contributed by atoms with E-state index in [4.69, 9.17) is 0 Å². The minimum Gasteiger partial charge on any atom is -0.294 e. The molecule has 0 fully saturated rings. The van der Waals surface area contributed by atoms with Gasteiger partial charge in [-0.05, 0) is 6.92 Å². The number of carbonyl (C=O) groups excluding carboxylic acids is 3. The molecule has 1 aromatic heterocycles. The summed E-state index contributed by atoms with van der Waals surface area (Å²) in [5.41, 5.74) is 0.137. The highest BCUT2D eigenvalue weighted by atomic mass is 16.1. The van der Waals surface area contributed by atoms with E-state index >= 15 is 0 Å². The molecule has 5 nitrogen and oxygen atoms in total. The highest BCUT2D eigenvalue weighted by molar-refractivity contribution is 6.05. The minimum absolute atomic E-state index is 0.00500. The number of aldehydes is 1. The van der Waals surface area contributed by atoms with Gasteiger partial charge in [-0.2, -0.15) is 0 Å². The van der Waals surface area contributed by atoms with Crippen molar-refractivity contribution in [1.29, 1.82) is 0 Å². The molecular weight excluding hydrogens is 184 g/mol. The molecule has 0 radical (unpaired) electrons. The Bertz CT molecular complexity index is 413. The monoisotopic (exact) mass is 192 g/mol. The lowest BCUT2D eigenvalue weighted by Gasteiger charge is -2.01. The molecule has 14 heavy (non-hydrogen) atoms. The highest BCUT2D eigenvalue weighted by Crippen LogP contribution is 2.06. The molecule has 0 aromatic carbocycles. The van der Waals surface area contributed by atoms with Crippen molar-refractivity contribution < 1.29 is 14.4 Å². The largest absolute Gasteiger partial charge is 0.294 e. The smallest absolute Gasteiger partial charge is 0.193 e. The molecule has 0 aliphatic heterocycles. The summed E-state index contributed by atoms with van der Waals surface area (Å²) >= 11 is 0. The van der Waals surface area contributed by atoms with Crippen LogP contribution in [0.15, 0.2) is 6.20 Å². The fourth-order valence-corrected chi connectivity index (χ4v) is 0.978. The lowest BCUT2D eigenvalue weighted by atomic mass is 10.1. The van der Waals surface area contributed by atoms with Crippen molar-refractivity contribution in [3.8, 4) is 0 Å². The Morgan fingerprint density at radius 1 is 1.29 bits per heavy atom. The first-order chi connectivity index (χ1) is 6.56. The molecule has 1 aromatic rings. The van der Waals surface area contributed by atoms with Crippen LogP contribution in [0.3, 0.4) is 0 Å². The second-order valence-corrected chi connectivity index (χ2v) is 2.72. The molecule has 0 amide bonds. The van der Waals surface area contributed by atoms with Gasteiger partial charge in [0.1, 0.15) is 5.69 Å². The van der Waals surface area contributed by atoms with Crippen molar-refractivity contribution in [3.63, 3.8) is 0 Å². The maximum atomic E-state index is 11.1. The van der Waals surface area contributed by atoms with Crippen LogP contribution in [0.5, 0.6) is 0 Å². The van der Waals surface area contributed by atoms with Gasteiger partial charge in [0.05, 0.1) is 5.56 Å². The molecule has 0 saturated heterocycles. The molecule has 0 aliphatic carbocycles. The van der Waals surface area contributed by atoms with Crippen LogP contribution in [0.1, 0.15) is 45.3 Å². The summed E-state index contributed by atoms with van der Waals surface area (Å²) in [7, 11) is 0. The van der Waals surface area contributed by atoms with Crippen LogP contribution < -0.4 is 0 Å². The third-order valence-corrected chi connectivity index (χ3v) is 1.63. The zero-order chi connectivity index (χ0) is 10.7. The van der Waals surface area contributed by atoms with Crippen molar-refractivity contribution >= 4 is 17.9 Å². The SMILES string of the molecule is CC(=O)c1cnc(C=O)nc1C(C)=O. The van der Waals surface area contributed by atoms with Crippen LogP contribution in [0, 0.1) is 0 Å². The standard InChI is InChI=1S/C9H8N2O3/c1-5(13)7-3-10-8(4-12)11-9(7)6(2)14/h3-4H,1-2H3. The average molecular weight is 192 g/mol. The Labute approximate surface area is 80.2 Å². The average Bonchev–Trinajstić information content (AvgIpc) is 2.16. The van der Waals surface area contributed by atoms with Gasteiger partial charge in [0.15, 0.2) is 23.7 Å². The molecule has 0 atom stereocenters. The van der Waals surface area contributed by atoms with E-state index in [9.17, 15) is 14.4 Å². The third kappa shape index (κ3) is 1.87. The normalized spacial score (nSPS) is 9.57. The molecule has 5 heteroatoms. The summed E-state index contributed by atoms with van der Waals surface area (Å²) in [6, 6.07) is 0. The molecule has 0 aliphatic rings. The minimum atomic E-state index is -0.360. The Balaban J connectivity index is 3.38. The van der Waals surface area contributed by atoms with E-state index < -0.39 is 0 Å². The zero-order valence-corrected chi connectivity index (χ0v) is 7.77.